The van der Waals surface area contributed by atoms with E-state index in [9.17, 15) is 9.59 Å². The van der Waals surface area contributed by atoms with E-state index in [-0.39, 0.29) is 11.8 Å². The molecule has 256 valence electrons. The van der Waals surface area contributed by atoms with E-state index in [4.69, 9.17) is 9.97 Å². The van der Waals surface area contributed by atoms with Gasteiger partial charge in [0.2, 0.25) is 0 Å². The number of nitrogens with one attached hydrogen (secondary N) is 2. The van der Waals surface area contributed by atoms with Crippen molar-refractivity contribution in [3.8, 4) is 22.5 Å². The highest BCUT2D eigenvalue weighted by Gasteiger charge is 2.16. The fourth-order valence-corrected chi connectivity index (χ4v) is 6.84. The molecule has 0 atom stereocenters. The van der Waals surface area contributed by atoms with Gasteiger partial charge in [-0.25, -0.2) is 9.97 Å². The van der Waals surface area contributed by atoms with Crippen molar-refractivity contribution in [1.82, 2.24) is 9.97 Å². The Hall–Kier alpha value is -5.96. The normalized spacial score (nSPS) is 11.1. The van der Waals surface area contributed by atoms with Crippen molar-refractivity contribution in [2.45, 2.75) is 6.42 Å². The Bertz CT molecular complexity index is 2440. The van der Waals surface area contributed by atoms with Crippen LogP contribution < -0.4 is 10.6 Å². The topological polar surface area (TPSA) is 84.0 Å². The first-order valence-corrected chi connectivity index (χ1v) is 18.6. The zero-order valence-electron chi connectivity index (χ0n) is 28.2. The molecule has 0 unspecified atom stereocenters. The summed E-state index contributed by atoms with van der Waals surface area (Å²) in [5.74, 6) is -0.395. The molecule has 2 aromatic heterocycles. The van der Waals surface area contributed by atoms with Gasteiger partial charge < -0.3 is 10.6 Å². The molecule has 2 heterocycles. The van der Waals surface area contributed by atoms with E-state index in [1.54, 1.807) is 0 Å². The van der Waals surface area contributed by atoms with Gasteiger partial charge in [0.25, 0.3) is 11.8 Å². The molecular weight excluding hydrogens is 788 g/mol. The summed E-state index contributed by atoms with van der Waals surface area (Å²) in [5, 5.41) is 7.73. The van der Waals surface area contributed by atoms with Crippen molar-refractivity contribution in [3.05, 3.63) is 189 Å². The number of hydrogen-bond acceptors (Lipinski definition) is 4. The number of para-hydroxylation sites is 2. The van der Waals surface area contributed by atoms with E-state index < -0.39 is 0 Å². The van der Waals surface area contributed by atoms with Gasteiger partial charge in [-0.05, 0) is 90.3 Å². The van der Waals surface area contributed by atoms with Crippen molar-refractivity contribution in [3.63, 3.8) is 0 Å². The van der Waals surface area contributed by atoms with E-state index in [0.29, 0.717) is 28.9 Å². The molecule has 0 saturated carbocycles. The Labute approximate surface area is 323 Å². The number of nitrogens with zero attached hydrogens (tertiary/aromatic N) is 2. The van der Waals surface area contributed by atoms with Crippen molar-refractivity contribution in [1.29, 1.82) is 0 Å². The lowest BCUT2D eigenvalue weighted by molar-refractivity contribution is 0.102. The van der Waals surface area contributed by atoms with E-state index in [2.05, 4.69) is 42.5 Å². The smallest absolute Gasteiger partial charge is 0.256 e. The van der Waals surface area contributed by atoms with Crippen LogP contribution in [0, 0.1) is 0 Å². The number of rotatable bonds is 8. The number of fused-ring (bicyclic) bond motifs is 2. The first-order valence-electron chi connectivity index (χ1n) is 17.0. The van der Waals surface area contributed by atoms with Gasteiger partial charge in [0, 0.05) is 42.2 Å². The molecule has 0 saturated heterocycles. The monoisotopic (exact) mass is 816 g/mol. The van der Waals surface area contributed by atoms with Gasteiger partial charge in [0.1, 0.15) is 0 Å². The highest BCUT2D eigenvalue weighted by atomic mass is 79.9. The van der Waals surface area contributed by atoms with Crippen LogP contribution >= 0.6 is 31.9 Å². The Balaban J connectivity index is 0.947. The fraction of sp³-hybridized carbons (Fsp3) is 0.0222. The molecule has 6 aromatic carbocycles. The van der Waals surface area contributed by atoms with Crippen LogP contribution in [-0.2, 0) is 6.42 Å². The van der Waals surface area contributed by atoms with E-state index in [0.717, 1.165) is 64.4 Å². The third kappa shape index (κ3) is 7.65. The average molecular weight is 819 g/mol. The quantitative estimate of drug-likeness (QED) is 0.160. The summed E-state index contributed by atoms with van der Waals surface area (Å²) in [4.78, 5) is 36.9. The molecule has 8 heteroatoms. The van der Waals surface area contributed by atoms with Crippen molar-refractivity contribution in [2.24, 2.45) is 0 Å². The summed E-state index contributed by atoms with van der Waals surface area (Å²) in [7, 11) is 0. The van der Waals surface area contributed by atoms with Gasteiger partial charge >= 0.3 is 0 Å². The maximum absolute atomic E-state index is 13.6. The minimum Gasteiger partial charge on any atom is -0.322 e. The maximum atomic E-state index is 13.6. The number of carbonyl (C=O) groups excluding carboxylic acids is 2. The lowest BCUT2D eigenvalue weighted by Gasteiger charge is -2.12. The molecule has 0 radical (unpaired) electrons. The largest absolute Gasteiger partial charge is 0.322 e. The van der Waals surface area contributed by atoms with Crippen LogP contribution in [0.15, 0.2) is 167 Å². The molecule has 0 fully saturated rings. The number of aromatic nitrogens is 2. The fourth-order valence-electron chi connectivity index (χ4n) is 6.31. The molecule has 0 aliphatic heterocycles. The summed E-state index contributed by atoms with van der Waals surface area (Å²) < 4.78 is 1.96. The third-order valence-electron chi connectivity index (χ3n) is 9.03. The Morgan fingerprint density at radius 3 is 1.25 bits per heavy atom. The van der Waals surface area contributed by atoms with Gasteiger partial charge in [-0.15, -0.1) is 0 Å². The second-order valence-corrected chi connectivity index (χ2v) is 14.5. The third-order valence-corrected chi connectivity index (χ3v) is 10.1. The van der Waals surface area contributed by atoms with Crippen molar-refractivity contribution in [2.75, 3.05) is 10.6 Å². The molecule has 0 aliphatic carbocycles. The zero-order valence-corrected chi connectivity index (χ0v) is 31.4. The second-order valence-electron chi connectivity index (χ2n) is 12.6. The van der Waals surface area contributed by atoms with Gasteiger partial charge in [0.15, 0.2) is 0 Å². The molecule has 0 aliphatic rings. The second kappa shape index (κ2) is 14.9. The molecule has 53 heavy (non-hydrogen) atoms. The number of hydrogen-bond donors (Lipinski definition) is 2. The predicted molar refractivity (Wildman–Crippen MR) is 221 cm³/mol. The maximum Gasteiger partial charge on any atom is 0.256 e. The molecular formula is C45H30Br2N4O2. The minimum atomic E-state index is -0.198. The summed E-state index contributed by atoms with van der Waals surface area (Å²) in [6, 6.07) is 50.6. The highest BCUT2D eigenvalue weighted by molar-refractivity contribution is 9.10. The predicted octanol–water partition coefficient (Wildman–Crippen LogP) is 11.7. The number of pyridine rings is 2. The number of amides is 2. The van der Waals surface area contributed by atoms with Gasteiger partial charge in [-0.3, -0.25) is 9.59 Å². The standard InChI is InChI=1S/C45H30Br2N4O2/c46-32-17-13-30(14-18-32)42-26-38(36-5-1-3-7-40(36)50-42)44(52)48-34-21-9-28(10-22-34)25-29-11-23-35(24-12-29)49-45(53)39-27-43(31-15-19-33(47)20-16-31)51-41-8-4-2-6-37(39)41/h1-24,26-27H,25H2,(H,48,52)(H,49,53). The average Bonchev–Trinajstić information content (AvgIpc) is 3.19. The van der Waals surface area contributed by atoms with E-state index in [1.807, 2.05) is 158 Å². The lowest BCUT2D eigenvalue weighted by Crippen LogP contribution is -2.13. The zero-order chi connectivity index (χ0) is 36.3. The van der Waals surface area contributed by atoms with Crippen LogP contribution in [0.4, 0.5) is 11.4 Å². The number of benzene rings is 6. The van der Waals surface area contributed by atoms with Crippen LogP contribution in [0.5, 0.6) is 0 Å². The summed E-state index contributed by atoms with van der Waals surface area (Å²) in [6.07, 6.45) is 0.694. The number of anilines is 2. The Kier molecular flexibility index (Phi) is 9.63. The molecule has 2 amide bonds. The van der Waals surface area contributed by atoms with Crippen LogP contribution in [0.2, 0.25) is 0 Å². The van der Waals surface area contributed by atoms with Crippen LogP contribution in [0.25, 0.3) is 44.3 Å². The molecule has 0 bridgehead atoms. The van der Waals surface area contributed by atoms with Crippen LogP contribution in [0.1, 0.15) is 31.8 Å². The first kappa shape index (κ1) is 34.1. The Morgan fingerprint density at radius 1 is 0.472 bits per heavy atom. The highest BCUT2D eigenvalue weighted by Crippen LogP contribution is 2.29. The van der Waals surface area contributed by atoms with Crippen molar-refractivity contribution >= 4 is 76.9 Å². The Morgan fingerprint density at radius 2 is 0.849 bits per heavy atom. The number of halogens is 2. The van der Waals surface area contributed by atoms with Crippen LogP contribution in [0.3, 0.4) is 0 Å². The van der Waals surface area contributed by atoms with E-state index >= 15 is 0 Å². The molecule has 6 nitrogen and oxygen atoms in total. The van der Waals surface area contributed by atoms with Crippen LogP contribution in [-0.4, -0.2) is 21.8 Å². The summed E-state index contributed by atoms with van der Waals surface area (Å²) in [5.41, 5.74) is 9.57. The van der Waals surface area contributed by atoms with E-state index in [1.165, 1.54) is 0 Å². The molecule has 8 rings (SSSR count). The first-order chi connectivity index (χ1) is 25.9. The van der Waals surface area contributed by atoms with Gasteiger partial charge in [-0.2, -0.15) is 0 Å². The van der Waals surface area contributed by atoms with Gasteiger partial charge in [-0.1, -0.05) is 117 Å². The SMILES string of the molecule is O=C(Nc1ccc(Cc2ccc(NC(=O)c3cc(-c4ccc(Br)cc4)nc4ccccc34)cc2)cc1)c1cc(-c2ccc(Br)cc2)nc2ccccc12. The summed E-state index contributed by atoms with van der Waals surface area (Å²) in [6.45, 7) is 0. The lowest BCUT2D eigenvalue weighted by atomic mass is 10.0. The molecule has 2 N–H and O–H groups in total. The molecule has 8 aromatic rings. The van der Waals surface area contributed by atoms with Gasteiger partial charge in [0.05, 0.1) is 33.5 Å². The summed E-state index contributed by atoms with van der Waals surface area (Å²) >= 11 is 6.98. The molecule has 0 spiro atoms. The van der Waals surface area contributed by atoms with Crippen molar-refractivity contribution < 1.29 is 9.59 Å². The number of carbonyl (C=O) groups is 2. The minimum absolute atomic E-state index is 0.198.